The van der Waals surface area contributed by atoms with Crippen LogP contribution in [-0.2, 0) is 10.0 Å². The molecule has 0 aromatic carbocycles. The monoisotopic (exact) mass is 276 g/mol. The summed E-state index contributed by atoms with van der Waals surface area (Å²) in [5.41, 5.74) is -0.421. The topological polar surface area (TPSA) is 58.2 Å². The molecule has 108 valence electrons. The second kappa shape index (κ2) is 6.87. The molecule has 0 heterocycles. The second-order valence-corrected chi connectivity index (χ2v) is 7.93. The van der Waals surface area contributed by atoms with E-state index in [-0.39, 0.29) is 0 Å². The highest BCUT2D eigenvalue weighted by Crippen LogP contribution is 2.17. The number of hydrogen-bond acceptors (Lipinski definition) is 3. The van der Waals surface area contributed by atoms with E-state index < -0.39 is 15.6 Å². The molecule has 18 heavy (non-hydrogen) atoms. The Bertz CT molecular complexity index is 331. The molecule has 5 heteroatoms. The molecule has 1 aliphatic carbocycles. The summed E-state index contributed by atoms with van der Waals surface area (Å²) in [6, 6.07) is 0.547. The molecule has 1 fully saturated rings. The third-order valence-corrected chi connectivity index (χ3v) is 4.32. The van der Waals surface area contributed by atoms with Gasteiger partial charge in [0, 0.05) is 18.1 Å². The predicted octanol–water partition coefficient (Wildman–Crippen LogP) is 2.02. The van der Waals surface area contributed by atoms with Gasteiger partial charge in [-0.05, 0) is 26.7 Å². The van der Waals surface area contributed by atoms with E-state index in [1.165, 1.54) is 51.2 Å². The van der Waals surface area contributed by atoms with Crippen LogP contribution in [0.3, 0.4) is 0 Å². The van der Waals surface area contributed by atoms with Crippen LogP contribution < -0.4 is 10.0 Å². The van der Waals surface area contributed by atoms with Crippen molar-refractivity contribution in [2.24, 2.45) is 0 Å². The van der Waals surface area contributed by atoms with Crippen molar-refractivity contribution in [3.63, 3.8) is 0 Å². The number of hydrogen-bond donors (Lipinski definition) is 2. The molecule has 0 aromatic heterocycles. The first kappa shape index (κ1) is 15.9. The zero-order valence-corrected chi connectivity index (χ0v) is 12.8. The van der Waals surface area contributed by atoms with Crippen molar-refractivity contribution < 1.29 is 8.42 Å². The van der Waals surface area contributed by atoms with Crippen LogP contribution in [0.15, 0.2) is 0 Å². The van der Waals surface area contributed by atoms with Crippen molar-refractivity contribution in [1.82, 2.24) is 10.0 Å². The van der Waals surface area contributed by atoms with Crippen molar-refractivity contribution in [1.29, 1.82) is 0 Å². The summed E-state index contributed by atoms with van der Waals surface area (Å²) in [5, 5.41) is 3.53. The molecule has 0 aliphatic heterocycles. The molecular formula is C13H28N2O2S. The molecule has 4 nitrogen and oxygen atoms in total. The summed E-state index contributed by atoms with van der Waals surface area (Å²) in [5.74, 6) is 0. The first-order chi connectivity index (χ1) is 8.29. The van der Waals surface area contributed by atoms with Crippen molar-refractivity contribution in [3.8, 4) is 0 Å². The van der Waals surface area contributed by atoms with E-state index in [1.54, 1.807) is 0 Å². The van der Waals surface area contributed by atoms with Gasteiger partial charge in [0.1, 0.15) is 0 Å². The van der Waals surface area contributed by atoms with Gasteiger partial charge in [0.25, 0.3) is 0 Å². The molecule has 0 amide bonds. The molecule has 0 aromatic rings. The molecule has 0 radical (unpaired) electrons. The quantitative estimate of drug-likeness (QED) is 0.807. The van der Waals surface area contributed by atoms with Crippen molar-refractivity contribution in [2.75, 3.05) is 12.8 Å². The Balaban J connectivity index is 2.37. The van der Waals surface area contributed by atoms with E-state index in [1.807, 2.05) is 13.8 Å². The lowest BCUT2D eigenvalue weighted by Gasteiger charge is -2.29. The average molecular weight is 276 g/mol. The summed E-state index contributed by atoms with van der Waals surface area (Å²) in [4.78, 5) is 0. The zero-order chi connectivity index (χ0) is 13.6. The van der Waals surface area contributed by atoms with Crippen molar-refractivity contribution in [2.45, 2.75) is 70.4 Å². The predicted molar refractivity (Wildman–Crippen MR) is 76.2 cm³/mol. The van der Waals surface area contributed by atoms with E-state index in [4.69, 9.17) is 0 Å². The standard InChI is InChI=1S/C13H28N2O2S/c1-13(2,15-18(3,16)17)11-14-12-9-7-5-4-6-8-10-12/h12,14-15H,4-11H2,1-3H3. The Kier molecular flexibility index (Phi) is 6.08. The molecule has 0 bridgehead atoms. The van der Waals surface area contributed by atoms with Gasteiger partial charge in [-0.1, -0.05) is 32.1 Å². The number of rotatable bonds is 5. The van der Waals surface area contributed by atoms with Crippen LogP contribution in [0.4, 0.5) is 0 Å². The minimum Gasteiger partial charge on any atom is -0.312 e. The fourth-order valence-electron chi connectivity index (χ4n) is 2.60. The molecular weight excluding hydrogens is 248 g/mol. The van der Waals surface area contributed by atoms with E-state index >= 15 is 0 Å². The van der Waals surface area contributed by atoms with E-state index in [2.05, 4.69) is 10.0 Å². The summed E-state index contributed by atoms with van der Waals surface area (Å²) < 4.78 is 25.2. The maximum absolute atomic E-state index is 11.3. The summed E-state index contributed by atoms with van der Waals surface area (Å²) in [7, 11) is -3.14. The van der Waals surface area contributed by atoms with Gasteiger partial charge in [-0.2, -0.15) is 0 Å². The zero-order valence-electron chi connectivity index (χ0n) is 12.0. The molecule has 1 saturated carbocycles. The third-order valence-electron chi connectivity index (χ3n) is 3.40. The van der Waals surface area contributed by atoms with Gasteiger partial charge >= 0.3 is 0 Å². The highest BCUT2D eigenvalue weighted by molar-refractivity contribution is 7.88. The van der Waals surface area contributed by atoms with Gasteiger partial charge in [0.15, 0.2) is 0 Å². The van der Waals surface area contributed by atoms with Gasteiger partial charge in [-0.3, -0.25) is 0 Å². The highest BCUT2D eigenvalue weighted by Gasteiger charge is 2.23. The molecule has 2 N–H and O–H groups in total. The average Bonchev–Trinajstić information content (AvgIpc) is 2.11. The Hall–Kier alpha value is -0.130. The van der Waals surface area contributed by atoms with Crippen molar-refractivity contribution in [3.05, 3.63) is 0 Å². The summed E-state index contributed by atoms with van der Waals surface area (Å²) in [6.45, 7) is 4.53. The highest BCUT2D eigenvalue weighted by atomic mass is 32.2. The molecule has 1 rings (SSSR count). The maximum Gasteiger partial charge on any atom is 0.209 e. The fourth-order valence-corrected chi connectivity index (χ4v) is 3.67. The summed E-state index contributed by atoms with van der Waals surface area (Å²) in [6.07, 6.45) is 10.3. The molecule has 0 saturated heterocycles. The van der Waals surface area contributed by atoms with Crippen LogP contribution >= 0.6 is 0 Å². The van der Waals surface area contributed by atoms with Crippen LogP contribution in [0.25, 0.3) is 0 Å². The lowest BCUT2D eigenvalue weighted by atomic mass is 9.96. The number of sulfonamides is 1. The summed E-state index contributed by atoms with van der Waals surface area (Å²) >= 11 is 0. The lowest BCUT2D eigenvalue weighted by Crippen LogP contribution is -2.51. The van der Waals surface area contributed by atoms with Crippen LogP contribution in [-0.4, -0.2) is 32.8 Å². The largest absolute Gasteiger partial charge is 0.312 e. The molecule has 0 atom stereocenters. The van der Waals surface area contributed by atoms with Gasteiger partial charge < -0.3 is 5.32 Å². The number of nitrogens with one attached hydrogen (secondary N) is 2. The minimum absolute atomic E-state index is 0.421. The van der Waals surface area contributed by atoms with E-state index in [0.29, 0.717) is 12.6 Å². The lowest BCUT2D eigenvalue weighted by molar-refractivity contribution is 0.342. The maximum atomic E-state index is 11.3. The SMILES string of the molecule is CC(C)(CNC1CCCCCCC1)NS(C)(=O)=O. The molecule has 0 unspecified atom stereocenters. The van der Waals surface area contributed by atoms with Gasteiger partial charge in [-0.15, -0.1) is 0 Å². The Morgan fingerprint density at radius 1 is 1.06 bits per heavy atom. The van der Waals surface area contributed by atoms with Gasteiger partial charge in [0.05, 0.1) is 6.26 Å². The third kappa shape index (κ3) is 7.34. The Morgan fingerprint density at radius 2 is 1.56 bits per heavy atom. The van der Waals surface area contributed by atoms with E-state index in [0.717, 1.165) is 0 Å². The smallest absolute Gasteiger partial charge is 0.209 e. The minimum atomic E-state index is -3.14. The first-order valence-corrected chi connectivity index (χ1v) is 8.90. The van der Waals surface area contributed by atoms with Crippen LogP contribution in [0.2, 0.25) is 0 Å². The van der Waals surface area contributed by atoms with Crippen LogP contribution in [0, 0.1) is 0 Å². The fraction of sp³-hybridized carbons (Fsp3) is 1.00. The first-order valence-electron chi connectivity index (χ1n) is 7.01. The van der Waals surface area contributed by atoms with E-state index in [9.17, 15) is 8.42 Å². The van der Waals surface area contributed by atoms with Crippen molar-refractivity contribution >= 4 is 10.0 Å². The molecule has 1 aliphatic rings. The van der Waals surface area contributed by atoms with Gasteiger partial charge in [0.2, 0.25) is 10.0 Å². The van der Waals surface area contributed by atoms with Gasteiger partial charge in [-0.25, -0.2) is 13.1 Å². The van der Waals surface area contributed by atoms with Crippen LogP contribution in [0.1, 0.15) is 58.8 Å². The second-order valence-electron chi connectivity index (χ2n) is 6.18. The molecule has 0 spiro atoms. The Labute approximate surface area is 112 Å². The Morgan fingerprint density at radius 3 is 2.06 bits per heavy atom. The normalized spacial score (nSPS) is 20.4. The van der Waals surface area contributed by atoms with Crippen LogP contribution in [0.5, 0.6) is 0 Å².